The molecule has 0 atom stereocenters. The van der Waals surface area contributed by atoms with E-state index in [4.69, 9.17) is 0 Å². The average molecular weight is 385 g/mol. The second-order valence-corrected chi connectivity index (χ2v) is 8.45. The van der Waals surface area contributed by atoms with Gasteiger partial charge in [0.1, 0.15) is 12.1 Å². The highest BCUT2D eigenvalue weighted by atomic mass is 19.1. The third-order valence-corrected chi connectivity index (χ3v) is 6.52. The maximum Gasteiger partial charge on any atom is 0.223 e. The first-order chi connectivity index (χ1) is 13.6. The summed E-state index contributed by atoms with van der Waals surface area (Å²) in [5.74, 6) is 0.471. The number of amides is 1. The molecular formula is C21H28FN5O. The Morgan fingerprint density at radius 2 is 1.82 bits per heavy atom. The predicted octanol–water partition coefficient (Wildman–Crippen LogP) is 3.56. The van der Waals surface area contributed by atoms with Crippen molar-refractivity contribution in [3.63, 3.8) is 0 Å². The van der Waals surface area contributed by atoms with E-state index in [9.17, 15) is 9.18 Å². The molecule has 7 heteroatoms. The summed E-state index contributed by atoms with van der Waals surface area (Å²) in [6, 6.07) is 6.80. The highest BCUT2D eigenvalue weighted by Gasteiger charge is 2.37. The molecular weight excluding hydrogens is 357 g/mol. The average Bonchev–Trinajstić information content (AvgIpc) is 3.22. The molecule has 2 aromatic rings. The molecule has 1 aromatic carbocycles. The van der Waals surface area contributed by atoms with Gasteiger partial charge in [0, 0.05) is 19.5 Å². The van der Waals surface area contributed by atoms with Crippen LogP contribution in [0.3, 0.4) is 0 Å². The minimum Gasteiger partial charge on any atom is -0.343 e. The van der Waals surface area contributed by atoms with Gasteiger partial charge in [-0.2, -0.15) is 0 Å². The number of tetrazole rings is 1. The number of benzene rings is 1. The van der Waals surface area contributed by atoms with Crippen molar-refractivity contribution in [2.75, 3.05) is 13.1 Å². The van der Waals surface area contributed by atoms with Crippen LogP contribution in [0, 0.1) is 11.2 Å². The van der Waals surface area contributed by atoms with E-state index in [1.54, 1.807) is 11.0 Å². The Morgan fingerprint density at radius 3 is 2.46 bits per heavy atom. The minimum atomic E-state index is -0.197. The normalized spacial score (nSPS) is 20.2. The fraction of sp³-hybridized carbons (Fsp3) is 0.619. The van der Waals surface area contributed by atoms with Crippen LogP contribution >= 0.6 is 0 Å². The lowest BCUT2D eigenvalue weighted by Crippen LogP contribution is -2.42. The summed E-state index contributed by atoms with van der Waals surface area (Å²) in [7, 11) is 0. The molecule has 0 N–H and O–H groups in total. The van der Waals surface area contributed by atoms with E-state index in [2.05, 4.69) is 15.5 Å². The van der Waals surface area contributed by atoms with Crippen molar-refractivity contribution >= 4 is 5.91 Å². The molecule has 4 rings (SSSR count). The largest absolute Gasteiger partial charge is 0.343 e. The second-order valence-electron chi connectivity index (χ2n) is 8.45. The Balaban J connectivity index is 1.36. The summed E-state index contributed by atoms with van der Waals surface area (Å²) >= 11 is 0. The zero-order valence-electron chi connectivity index (χ0n) is 16.3. The summed E-state index contributed by atoms with van der Waals surface area (Å²) < 4.78 is 14.9. The first kappa shape index (κ1) is 19.0. The van der Waals surface area contributed by atoms with Gasteiger partial charge in [-0.25, -0.2) is 9.07 Å². The summed E-state index contributed by atoms with van der Waals surface area (Å²) in [6.45, 7) is 2.28. The van der Waals surface area contributed by atoms with Gasteiger partial charge in [-0.15, -0.1) is 5.10 Å². The smallest absolute Gasteiger partial charge is 0.223 e. The Kier molecular flexibility index (Phi) is 5.69. The molecule has 1 saturated heterocycles. The van der Waals surface area contributed by atoms with Crippen molar-refractivity contribution < 1.29 is 9.18 Å². The number of aromatic nitrogens is 4. The molecule has 0 spiro atoms. The molecule has 2 heterocycles. The molecule has 1 amide bonds. The number of carbonyl (C=O) groups excluding carboxylic acids is 1. The molecule has 0 unspecified atom stereocenters. The van der Waals surface area contributed by atoms with Crippen LogP contribution in [-0.4, -0.2) is 44.1 Å². The quantitative estimate of drug-likeness (QED) is 0.789. The van der Waals surface area contributed by atoms with E-state index in [1.165, 1.54) is 37.0 Å². The van der Waals surface area contributed by atoms with Crippen molar-refractivity contribution in [2.45, 2.75) is 63.8 Å². The molecule has 6 nitrogen and oxygen atoms in total. The van der Waals surface area contributed by atoms with Crippen molar-refractivity contribution in [3.8, 4) is 0 Å². The number of likely N-dealkylation sites (tertiary alicyclic amines) is 1. The molecule has 1 aromatic heterocycles. The first-order valence-corrected chi connectivity index (χ1v) is 10.4. The lowest BCUT2D eigenvalue weighted by Gasteiger charge is -2.39. The van der Waals surface area contributed by atoms with E-state index in [0.29, 0.717) is 12.3 Å². The monoisotopic (exact) mass is 385 g/mol. The topological polar surface area (TPSA) is 63.9 Å². The molecule has 1 aliphatic carbocycles. The van der Waals surface area contributed by atoms with Gasteiger partial charge in [0.25, 0.3) is 0 Å². The van der Waals surface area contributed by atoms with Crippen molar-refractivity contribution in [1.29, 1.82) is 0 Å². The van der Waals surface area contributed by atoms with Crippen molar-refractivity contribution in [2.24, 2.45) is 5.41 Å². The molecule has 0 radical (unpaired) electrons. The maximum atomic E-state index is 13.1. The van der Waals surface area contributed by atoms with Crippen LogP contribution in [0.4, 0.5) is 4.39 Å². The lowest BCUT2D eigenvalue weighted by molar-refractivity contribution is -0.135. The molecule has 28 heavy (non-hydrogen) atoms. The number of halogens is 1. The number of hydrogen-bond acceptors (Lipinski definition) is 4. The van der Waals surface area contributed by atoms with E-state index in [0.717, 1.165) is 45.3 Å². The molecule has 2 aliphatic rings. The Morgan fingerprint density at radius 1 is 1.11 bits per heavy atom. The summed E-state index contributed by atoms with van der Waals surface area (Å²) in [5, 5.41) is 11.5. The number of carbonyl (C=O) groups is 1. The van der Waals surface area contributed by atoms with E-state index >= 15 is 0 Å². The maximum absolute atomic E-state index is 13.1. The van der Waals surface area contributed by atoms with Crippen LogP contribution in [-0.2, 0) is 11.3 Å². The fourth-order valence-electron chi connectivity index (χ4n) is 4.92. The van der Waals surface area contributed by atoms with E-state index < -0.39 is 0 Å². The first-order valence-electron chi connectivity index (χ1n) is 10.4. The summed E-state index contributed by atoms with van der Waals surface area (Å²) in [5.41, 5.74) is 1.15. The number of rotatable bonds is 5. The zero-order chi connectivity index (χ0) is 19.4. The Labute approximate surface area is 165 Å². The van der Waals surface area contributed by atoms with Crippen LogP contribution in [0.2, 0.25) is 0 Å². The molecule has 150 valence electrons. The van der Waals surface area contributed by atoms with Gasteiger partial charge in [0.15, 0.2) is 0 Å². The molecule has 1 saturated carbocycles. The van der Waals surface area contributed by atoms with Crippen LogP contribution in [0.15, 0.2) is 30.6 Å². The highest BCUT2D eigenvalue weighted by Crippen LogP contribution is 2.41. The van der Waals surface area contributed by atoms with Gasteiger partial charge in [-0.3, -0.25) is 4.79 Å². The lowest BCUT2D eigenvalue weighted by atomic mass is 9.71. The highest BCUT2D eigenvalue weighted by molar-refractivity contribution is 5.77. The van der Waals surface area contributed by atoms with Gasteiger partial charge < -0.3 is 4.90 Å². The summed E-state index contributed by atoms with van der Waals surface area (Å²) in [4.78, 5) is 15.1. The SMILES string of the molecule is O=C(CC1(Cn2cnnn2)CCCCC1)N1CCC(c2ccc(F)cc2)CC1. The van der Waals surface area contributed by atoms with Crippen LogP contribution in [0.1, 0.15) is 62.8 Å². The van der Waals surface area contributed by atoms with Gasteiger partial charge in [-0.05, 0) is 65.1 Å². The van der Waals surface area contributed by atoms with Crippen LogP contribution < -0.4 is 0 Å². The van der Waals surface area contributed by atoms with Crippen molar-refractivity contribution in [1.82, 2.24) is 25.1 Å². The number of nitrogens with zero attached hydrogens (tertiary/aromatic N) is 5. The van der Waals surface area contributed by atoms with Crippen LogP contribution in [0.5, 0.6) is 0 Å². The number of piperidine rings is 1. The van der Waals surface area contributed by atoms with E-state index in [1.807, 2.05) is 17.0 Å². The number of hydrogen-bond donors (Lipinski definition) is 0. The third-order valence-electron chi connectivity index (χ3n) is 6.52. The second kappa shape index (κ2) is 8.37. The standard InChI is InChI=1S/C21H28FN5O/c22-19-6-4-17(5-7-19)18-8-12-26(13-9-18)20(28)14-21(10-2-1-3-11-21)15-27-16-23-24-25-27/h4-7,16,18H,1-3,8-15H2. The summed E-state index contributed by atoms with van der Waals surface area (Å²) in [6.07, 6.45) is 9.81. The molecule has 1 aliphatic heterocycles. The van der Waals surface area contributed by atoms with Gasteiger partial charge in [-0.1, -0.05) is 31.4 Å². The van der Waals surface area contributed by atoms with Gasteiger partial charge in [0.2, 0.25) is 5.91 Å². The fourth-order valence-corrected chi connectivity index (χ4v) is 4.92. The Bertz CT molecular complexity index is 763. The Hall–Kier alpha value is -2.31. The van der Waals surface area contributed by atoms with Gasteiger partial charge in [0.05, 0.1) is 6.54 Å². The van der Waals surface area contributed by atoms with Crippen LogP contribution in [0.25, 0.3) is 0 Å². The zero-order valence-corrected chi connectivity index (χ0v) is 16.3. The molecule has 2 fully saturated rings. The van der Waals surface area contributed by atoms with Crippen molar-refractivity contribution in [3.05, 3.63) is 42.0 Å². The predicted molar refractivity (Wildman–Crippen MR) is 103 cm³/mol. The van der Waals surface area contributed by atoms with E-state index in [-0.39, 0.29) is 17.1 Å². The minimum absolute atomic E-state index is 0.0292. The molecule has 0 bridgehead atoms. The third kappa shape index (κ3) is 4.39. The van der Waals surface area contributed by atoms with Gasteiger partial charge >= 0.3 is 0 Å².